The third-order valence-electron chi connectivity index (χ3n) is 5.43. The number of ether oxygens (including phenoxy) is 2. The Balaban J connectivity index is 1.29. The highest BCUT2D eigenvalue weighted by Gasteiger charge is 2.25. The summed E-state index contributed by atoms with van der Waals surface area (Å²) < 4.78 is 16.8. The molecule has 0 spiro atoms. The molecule has 1 saturated heterocycles. The van der Waals surface area contributed by atoms with Crippen LogP contribution < -0.4 is 4.74 Å². The lowest BCUT2D eigenvalue weighted by Crippen LogP contribution is -2.39. The van der Waals surface area contributed by atoms with Crippen molar-refractivity contribution >= 4 is 6.09 Å². The molecule has 0 aliphatic carbocycles. The molecule has 0 radical (unpaired) electrons. The first-order valence-corrected chi connectivity index (χ1v) is 11.7. The quantitative estimate of drug-likeness (QED) is 0.520. The molecule has 0 bridgehead atoms. The first-order valence-electron chi connectivity index (χ1n) is 11.7. The lowest BCUT2D eigenvalue weighted by Gasteiger charge is -2.26. The Kier molecular flexibility index (Phi) is 7.47. The number of hydrogen-bond acceptors (Lipinski definition) is 7. The average molecular weight is 465 g/mol. The third kappa shape index (κ3) is 6.81. The Hall–Kier alpha value is -3.39. The van der Waals surface area contributed by atoms with Crippen LogP contribution in [0.15, 0.2) is 59.1 Å². The van der Waals surface area contributed by atoms with Gasteiger partial charge in [0.05, 0.1) is 6.54 Å². The zero-order valence-electron chi connectivity index (χ0n) is 20.1. The SMILES string of the molecule is CC(C)(C)OC(=O)N1CCCN(Cc2nc(-c3ccc(OCc4ccccc4)cc3)no2)CC1. The molecule has 1 fully saturated rings. The van der Waals surface area contributed by atoms with Gasteiger partial charge in [-0.2, -0.15) is 4.98 Å². The highest BCUT2D eigenvalue weighted by molar-refractivity contribution is 5.68. The molecule has 3 aromatic rings. The minimum absolute atomic E-state index is 0.259. The van der Waals surface area contributed by atoms with E-state index in [1.807, 2.05) is 75.4 Å². The second-order valence-corrected chi connectivity index (χ2v) is 9.41. The van der Waals surface area contributed by atoms with Crippen LogP contribution in [0.2, 0.25) is 0 Å². The fourth-order valence-electron chi connectivity index (χ4n) is 3.71. The minimum atomic E-state index is -0.491. The lowest BCUT2D eigenvalue weighted by atomic mass is 10.2. The molecule has 8 heteroatoms. The number of nitrogens with zero attached hydrogens (tertiary/aromatic N) is 4. The van der Waals surface area contributed by atoms with Gasteiger partial charge in [-0.15, -0.1) is 0 Å². The van der Waals surface area contributed by atoms with Crippen LogP contribution in [0.1, 0.15) is 38.6 Å². The molecule has 0 saturated carbocycles. The summed E-state index contributed by atoms with van der Waals surface area (Å²) in [5, 5.41) is 4.14. The van der Waals surface area contributed by atoms with Crippen LogP contribution in [-0.4, -0.2) is 57.8 Å². The zero-order chi connectivity index (χ0) is 24.0. The van der Waals surface area contributed by atoms with E-state index in [0.717, 1.165) is 36.4 Å². The summed E-state index contributed by atoms with van der Waals surface area (Å²) in [6, 6.07) is 17.7. The molecule has 0 N–H and O–H groups in total. The molecule has 2 aromatic carbocycles. The molecule has 1 amide bonds. The van der Waals surface area contributed by atoms with Gasteiger partial charge in [0.1, 0.15) is 18.0 Å². The van der Waals surface area contributed by atoms with Crippen molar-refractivity contribution in [1.29, 1.82) is 0 Å². The molecular formula is C26H32N4O4. The Bertz CT molecular complexity index is 1060. The van der Waals surface area contributed by atoms with Crippen LogP contribution in [0.4, 0.5) is 4.79 Å². The van der Waals surface area contributed by atoms with Crippen LogP contribution in [-0.2, 0) is 17.9 Å². The Morgan fingerprint density at radius 2 is 1.76 bits per heavy atom. The largest absolute Gasteiger partial charge is 0.489 e. The average Bonchev–Trinajstić information content (AvgIpc) is 3.15. The molecule has 8 nitrogen and oxygen atoms in total. The maximum Gasteiger partial charge on any atom is 0.410 e. The second-order valence-electron chi connectivity index (χ2n) is 9.41. The van der Waals surface area contributed by atoms with Crippen LogP contribution in [0, 0.1) is 0 Å². The van der Waals surface area contributed by atoms with Gasteiger partial charge < -0.3 is 18.9 Å². The van der Waals surface area contributed by atoms with E-state index >= 15 is 0 Å². The van der Waals surface area contributed by atoms with Crippen molar-refractivity contribution in [3.05, 3.63) is 66.1 Å². The van der Waals surface area contributed by atoms with E-state index in [1.165, 1.54) is 0 Å². The number of rotatable bonds is 6. The molecule has 34 heavy (non-hydrogen) atoms. The number of benzene rings is 2. The van der Waals surface area contributed by atoms with E-state index in [0.29, 0.717) is 38.0 Å². The van der Waals surface area contributed by atoms with E-state index in [4.69, 9.17) is 14.0 Å². The fraction of sp³-hybridized carbons (Fsp3) is 0.423. The van der Waals surface area contributed by atoms with Gasteiger partial charge in [-0.25, -0.2) is 4.79 Å². The summed E-state index contributed by atoms with van der Waals surface area (Å²) in [5.41, 5.74) is 1.50. The standard InChI is InChI=1S/C26H32N4O4/c1-26(2,3)33-25(31)30-15-7-14-29(16-17-30)18-23-27-24(28-34-23)21-10-12-22(13-11-21)32-19-20-8-5-4-6-9-20/h4-6,8-13H,7,14-19H2,1-3H3. The number of carbonyl (C=O) groups is 1. The summed E-state index contributed by atoms with van der Waals surface area (Å²) in [6.07, 6.45) is 0.607. The molecule has 1 aromatic heterocycles. The summed E-state index contributed by atoms with van der Waals surface area (Å²) >= 11 is 0. The Morgan fingerprint density at radius 1 is 1.00 bits per heavy atom. The maximum atomic E-state index is 12.4. The highest BCUT2D eigenvalue weighted by Crippen LogP contribution is 2.21. The van der Waals surface area contributed by atoms with Crippen LogP contribution in [0.25, 0.3) is 11.4 Å². The molecule has 1 aliphatic heterocycles. The molecular weight excluding hydrogens is 432 g/mol. The van der Waals surface area contributed by atoms with E-state index in [-0.39, 0.29) is 6.09 Å². The Labute approximate surface area is 200 Å². The Morgan fingerprint density at radius 3 is 2.50 bits per heavy atom. The lowest BCUT2D eigenvalue weighted by molar-refractivity contribution is 0.0257. The maximum absolute atomic E-state index is 12.4. The van der Waals surface area contributed by atoms with Crippen molar-refractivity contribution in [3.8, 4) is 17.1 Å². The number of hydrogen-bond donors (Lipinski definition) is 0. The normalized spacial score (nSPS) is 15.1. The molecule has 1 aliphatic rings. The molecule has 180 valence electrons. The highest BCUT2D eigenvalue weighted by atomic mass is 16.6. The van der Waals surface area contributed by atoms with Crippen molar-refractivity contribution in [3.63, 3.8) is 0 Å². The van der Waals surface area contributed by atoms with Crippen molar-refractivity contribution < 1.29 is 18.8 Å². The predicted octanol–water partition coefficient (Wildman–Crippen LogP) is 4.76. The topological polar surface area (TPSA) is 80.9 Å². The van der Waals surface area contributed by atoms with E-state index < -0.39 is 5.60 Å². The van der Waals surface area contributed by atoms with Crippen LogP contribution in [0.3, 0.4) is 0 Å². The van der Waals surface area contributed by atoms with Gasteiger partial charge in [0.2, 0.25) is 11.7 Å². The fourth-order valence-corrected chi connectivity index (χ4v) is 3.71. The van der Waals surface area contributed by atoms with Gasteiger partial charge in [-0.1, -0.05) is 35.5 Å². The van der Waals surface area contributed by atoms with Gasteiger partial charge >= 0.3 is 6.09 Å². The minimum Gasteiger partial charge on any atom is -0.489 e. The first kappa shape index (κ1) is 23.8. The van der Waals surface area contributed by atoms with Crippen LogP contribution in [0.5, 0.6) is 5.75 Å². The first-order chi connectivity index (χ1) is 16.4. The van der Waals surface area contributed by atoms with E-state index in [2.05, 4.69) is 15.0 Å². The second kappa shape index (κ2) is 10.7. The van der Waals surface area contributed by atoms with E-state index in [1.54, 1.807) is 4.90 Å². The third-order valence-corrected chi connectivity index (χ3v) is 5.43. The van der Waals surface area contributed by atoms with Gasteiger partial charge in [-0.05, 0) is 57.0 Å². The van der Waals surface area contributed by atoms with Crippen LogP contribution >= 0.6 is 0 Å². The van der Waals surface area contributed by atoms with Crippen molar-refractivity contribution in [2.75, 3.05) is 26.2 Å². The smallest absolute Gasteiger partial charge is 0.410 e. The van der Waals surface area contributed by atoms with Gasteiger partial charge in [0, 0.05) is 31.7 Å². The van der Waals surface area contributed by atoms with Crippen molar-refractivity contribution in [2.24, 2.45) is 0 Å². The number of aromatic nitrogens is 2. The summed E-state index contributed by atoms with van der Waals surface area (Å²) in [5.74, 6) is 1.90. The number of carbonyl (C=O) groups excluding carboxylic acids is 1. The summed E-state index contributed by atoms with van der Waals surface area (Å²) in [6.45, 7) is 9.59. The van der Waals surface area contributed by atoms with Gasteiger partial charge in [0.15, 0.2) is 0 Å². The van der Waals surface area contributed by atoms with Gasteiger partial charge in [-0.3, -0.25) is 4.90 Å². The molecule has 0 unspecified atom stereocenters. The monoisotopic (exact) mass is 464 g/mol. The van der Waals surface area contributed by atoms with Crippen molar-refractivity contribution in [1.82, 2.24) is 19.9 Å². The summed E-state index contributed by atoms with van der Waals surface area (Å²) in [7, 11) is 0. The predicted molar refractivity (Wildman–Crippen MR) is 128 cm³/mol. The molecule has 0 atom stereocenters. The summed E-state index contributed by atoms with van der Waals surface area (Å²) in [4.78, 5) is 20.9. The van der Waals surface area contributed by atoms with E-state index in [9.17, 15) is 4.79 Å². The molecule has 2 heterocycles. The van der Waals surface area contributed by atoms with Gasteiger partial charge in [0.25, 0.3) is 0 Å². The van der Waals surface area contributed by atoms with Crippen molar-refractivity contribution in [2.45, 2.75) is 45.9 Å². The number of amides is 1. The zero-order valence-corrected chi connectivity index (χ0v) is 20.1. The molecule has 4 rings (SSSR count).